The topological polar surface area (TPSA) is 269 Å². The molecule has 0 aliphatic rings. The van der Waals surface area contributed by atoms with Crippen molar-refractivity contribution in [1.29, 1.82) is 0 Å². The van der Waals surface area contributed by atoms with Crippen LogP contribution in [0.1, 0.15) is 47.5 Å². The number of esters is 4. The molecule has 0 radical (unpaired) electrons. The molecule has 0 spiro atoms. The molecular formula is C25H44Na2O20S2. The Hall–Kier alpha value is -0.960. The summed E-state index contributed by atoms with van der Waals surface area (Å²) in [6, 6.07) is 0. The van der Waals surface area contributed by atoms with Gasteiger partial charge in [0.25, 0.3) is 0 Å². The van der Waals surface area contributed by atoms with Crippen LogP contribution in [0.2, 0.25) is 0 Å². The minimum absolute atomic E-state index is 0. The van der Waals surface area contributed by atoms with E-state index in [4.69, 9.17) is 45.8 Å². The maximum Gasteiger partial charge on any atom is 1.00 e. The Morgan fingerprint density at radius 1 is 0.633 bits per heavy atom. The zero-order valence-electron chi connectivity index (χ0n) is 28.9. The van der Waals surface area contributed by atoms with Crippen LogP contribution in [0, 0.1) is 12.3 Å². The van der Waals surface area contributed by atoms with E-state index in [-0.39, 0.29) is 98.5 Å². The first-order chi connectivity index (χ1) is 22.2. The summed E-state index contributed by atoms with van der Waals surface area (Å²) in [5.74, 6) is -6.35. The van der Waals surface area contributed by atoms with Gasteiger partial charge in [0.1, 0.15) is 16.9 Å². The van der Waals surface area contributed by atoms with Crippen molar-refractivity contribution in [1.82, 2.24) is 0 Å². The predicted molar refractivity (Wildman–Crippen MR) is 153 cm³/mol. The maximum atomic E-state index is 12.2. The molecule has 0 saturated carbocycles. The zero-order valence-corrected chi connectivity index (χ0v) is 34.5. The van der Waals surface area contributed by atoms with E-state index in [1.165, 1.54) is 6.42 Å². The summed E-state index contributed by atoms with van der Waals surface area (Å²) in [5.41, 5.74) is 0. The minimum Gasteiger partial charge on any atom is -0.747 e. The predicted octanol–water partition coefficient (Wildman–Crippen LogP) is -6.35. The van der Waals surface area contributed by atoms with Gasteiger partial charge in [-0.05, 0) is 34.6 Å². The van der Waals surface area contributed by atoms with E-state index < -0.39 is 76.6 Å². The molecule has 49 heavy (non-hydrogen) atoms. The second-order valence-electron chi connectivity index (χ2n) is 7.79. The Balaban J connectivity index is -0.000000259. The van der Waals surface area contributed by atoms with Gasteiger partial charge >= 0.3 is 87.6 Å². The van der Waals surface area contributed by atoms with Gasteiger partial charge in [-0.2, -0.15) is 0 Å². The Morgan fingerprint density at radius 3 is 1.45 bits per heavy atom. The second kappa shape index (κ2) is 39.8. The molecule has 0 amide bonds. The van der Waals surface area contributed by atoms with Crippen LogP contribution >= 0.6 is 0 Å². The largest absolute Gasteiger partial charge is 1.00 e. The van der Waals surface area contributed by atoms with Crippen molar-refractivity contribution >= 4 is 44.6 Å². The van der Waals surface area contributed by atoms with Crippen LogP contribution < -0.4 is 59.1 Å². The summed E-state index contributed by atoms with van der Waals surface area (Å²) >= 11 is 0. The smallest absolute Gasteiger partial charge is 0.747 e. The monoisotopic (exact) mass is 774 g/mol. The van der Waals surface area contributed by atoms with Crippen LogP contribution in [-0.2, 0) is 87.3 Å². The Bertz CT molecular complexity index is 1050. The van der Waals surface area contributed by atoms with Crippen LogP contribution in [0.3, 0.4) is 0 Å². The molecule has 0 aromatic heterocycles. The van der Waals surface area contributed by atoms with Gasteiger partial charge in [0.2, 0.25) is 0 Å². The molecule has 0 N–H and O–H groups in total. The third kappa shape index (κ3) is 39.7. The van der Waals surface area contributed by atoms with Crippen molar-refractivity contribution < 1.29 is 151 Å². The molecule has 0 heterocycles. The van der Waals surface area contributed by atoms with Crippen molar-refractivity contribution in [2.75, 3.05) is 73.6 Å². The van der Waals surface area contributed by atoms with Crippen molar-refractivity contribution in [2.24, 2.45) is 5.92 Å². The quantitative estimate of drug-likeness (QED) is 0.0159. The molecule has 2 atom stereocenters. The first-order valence-electron chi connectivity index (χ1n) is 13.9. The van der Waals surface area contributed by atoms with E-state index in [0.717, 1.165) is 0 Å². The second-order valence-corrected chi connectivity index (χ2v) is 9.69. The molecule has 24 heteroatoms. The van der Waals surface area contributed by atoms with Crippen molar-refractivity contribution in [3.63, 3.8) is 0 Å². The molecule has 0 bridgehead atoms. The van der Waals surface area contributed by atoms with Crippen LogP contribution in [0.25, 0.3) is 0 Å². The molecule has 0 fully saturated rings. The fourth-order valence-electron chi connectivity index (χ4n) is 2.49. The Kier molecular flexibility index (Phi) is 46.6. The van der Waals surface area contributed by atoms with E-state index in [0.29, 0.717) is 26.2 Å². The molecule has 0 saturated heterocycles. The molecule has 0 rings (SSSR count). The molecular weight excluding hydrogens is 730 g/mol. The van der Waals surface area contributed by atoms with E-state index in [1.54, 1.807) is 20.8 Å². The van der Waals surface area contributed by atoms with Gasteiger partial charge in [-0.3, -0.25) is 25.6 Å². The van der Waals surface area contributed by atoms with Gasteiger partial charge in [-0.1, -0.05) is 0 Å². The average Bonchev–Trinajstić information content (AvgIpc) is 2.98. The van der Waals surface area contributed by atoms with E-state index in [9.17, 15) is 32.1 Å². The molecule has 20 nitrogen and oxygen atoms in total. The van der Waals surface area contributed by atoms with Gasteiger partial charge in [-0.25, -0.2) is 8.42 Å². The van der Waals surface area contributed by atoms with E-state index in [2.05, 4.69) is 14.2 Å². The first kappa shape index (κ1) is 57.4. The summed E-state index contributed by atoms with van der Waals surface area (Å²) in [6.45, 7) is 9.29. The van der Waals surface area contributed by atoms with Crippen molar-refractivity contribution in [3.8, 4) is 0 Å². The number of ether oxygens (including phenoxy) is 10. The van der Waals surface area contributed by atoms with Crippen LogP contribution in [0.15, 0.2) is 0 Å². The summed E-state index contributed by atoms with van der Waals surface area (Å²) < 4.78 is 108. The van der Waals surface area contributed by atoms with Crippen molar-refractivity contribution in [2.45, 2.75) is 52.7 Å². The summed E-state index contributed by atoms with van der Waals surface area (Å²) in [7, 11) is -8.52. The third-order valence-corrected chi connectivity index (χ3v) is 5.66. The molecule has 0 aromatic rings. The number of rotatable bonds is 25. The molecule has 0 aliphatic carbocycles. The van der Waals surface area contributed by atoms with Gasteiger partial charge in [-0.15, -0.1) is 19.0 Å². The molecule has 278 valence electrons. The maximum absolute atomic E-state index is 12.2. The van der Waals surface area contributed by atoms with Crippen LogP contribution in [0.4, 0.5) is 0 Å². The normalized spacial score (nSPS) is 11.2. The summed E-state index contributed by atoms with van der Waals surface area (Å²) in [4.78, 5) is 47.1. The standard InChI is InChI=1S/C15H26O12S.C10H19O5.2Na.O3S/c1-4-22-8-25-12(16)7-11(14(17)26-9-23-5-2)13(28(19,20)21)15(18)27-10-24-6-3;1-3-12-8-14-7-5-6-10(11)15-9-13-4-2;;;1-4(2)3/h11,13H,4-10H2,1-3H3,(H,19,20,21);6H,3-5,7-9H2,1-2H3;;;/q;-1;2*+1;/p-1. The molecule has 2 unspecified atom stereocenters. The van der Waals surface area contributed by atoms with Crippen LogP contribution in [-0.4, -0.2) is 128 Å². The fourth-order valence-corrected chi connectivity index (χ4v) is 3.40. The number of hydrogen-bond acceptors (Lipinski definition) is 20. The number of carbonyl (C=O) groups excluding carboxylic acids is 4. The average molecular weight is 775 g/mol. The summed E-state index contributed by atoms with van der Waals surface area (Å²) in [5, 5.41) is -2.54. The van der Waals surface area contributed by atoms with Gasteiger partial charge in [0, 0.05) is 39.6 Å². The Morgan fingerprint density at radius 2 is 1.02 bits per heavy atom. The number of hydrogen-bond donors (Lipinski definition) is 0. The van der Waals surface area contributed by atoms with Gasteiger partial charge in [0.05, 0.1) is 12.3 Å². The van der Waals surface area contributed by atoms with E-state index in [1.807, 2.05) is 13.8 Å². The molecule has 0 aromatic carbocycles. The third-order valence-electron chi connectivity index (χ3n) is 4.52. The minimum atomic E-state index is -5.41. The molecule has 0 aliphatic heterocycles. The number of carbonyl (C=O) groups is 4. The van der Waals surface area contributed by atoms with Crippen molar-refractivity contribution in [3.05, 3.63) is 6.42 Å². The van der Waals surface area contributed by atoms with E-state index >= 15 is 0 Å². The van der Waals surface area contributed by atoms with Gasteiger partial charge < -0.3 is 51.9 Å². The fraction of sp³-hybridized carbons (Fsp3) is 0.800. The first-order valence-corrected chi connectivity index (χ1v) is 16.4. The summed E-state index contributed by atoms with van der Waals surface area (Å²) in [6.07, 6.45) is 0.997. The zero-order chi connectivity index (χ0) is 36.5. The van der Waals surface area contributed by atoms with Gasteiger partial charge in [0.15, 0.2) is 38.4 Å². The van der Waals surface area contributed by atoms with Crippen LogP contribution in [0.5, 0.6) is 0 Å². The SMILES string of the molecule is CCOCOC(=O)CC(C(=O)OCOCC)C(C(=O)OCOCC)S(=O)(=O)[O-].CCOCOCC[CH-]C(=O)OCOCC.O=S(=O)=O.[Na+].[Na+]. The Labute approximate surface area is 332 Å².